The van der Waals surface area contributed by atoms with E-state index in [-0.39, 0.29) is 0 Å². The Kier molecular flexibility index (Phi) is 3.50. The Morgan fingerprint density at radius 2 is 2.06 bits per heavy atom. The van der Waals surface area contributed by atoms with E-state index in [1.807, 2.05) is 30.3 Å². The molecule has 0 amide bonds. The Bertz CT molecular complexity index is 648. The number of para-hydroxylation sites is 1. The summed E-state index contributed by atoms with van der Waals surface area (Å²) in [7, 11) is 0. The van der Waals surface area contributed by atoms with Gasteiger partial charge in [-0.25, -0.2) is 9.97 Å². The Hall–Kier alpha value is -1.10. The van der Waals surface area contributed by atoms with Gasteiger partial charge in [-0.15, -0.1) is 11.3 Å². The van der Waals surface area contributed by atoms with Crippen LogP contribution in [0.3, 0.4) is 0 Å². The van der Waals surface area contributed by atoms with E-state index in [2.05, 4.69) is 16.0 Å². The molecular formula is C13H9ClN2S2. The van der Waals surface area contributed by atoms with Gasteiger partial charge >= 0.3 is 0 Å². The van der Waals surface area contributed by atoms with Gasteiger partial charge < -0.3 is 0 Å². The van der Waals surface area contributed by atoms with Crippen LogP contribution in [0.15, 0.2) is 47.6 Å². The highest BCUT2D eigenvalue weighted by Gasteiger charge is 2.06. The van der Waals surface area contributed by atoms with Crippen LogP contribution in [0.5, 0.6) is 0 Å². The van der Waals surface area contributed by atoms with Crippen molar-refractivity contribution in [2.45, 2.75) is 10.8 Å². The van der Waals surface area contributed by atoms with E-state index in [4.69, 9.17) is 11.6 Å². The second kappa shape index (κ2) is 5.26. The lowest BCUT2D eigenvalue weighted by atomic mass is 10.3. The number of aromatic nitrogens is 2. The maximum absolute atomic E-state index is 6.07. The minimum absolute atomic E-state index is 0.698. The Morgan fingerprint density at radius 3 is 2.89 bits per heavy atom. The number of benzene rings is 1. The normalized spacial score (nSPS) is 10.9. The lowest BCUT2D eigenvalue weighted by molar-refractivity contribution is 1.13. The summed E-state index contributed by atoms with van der Waals surface area (Å²) in [4.78, 5) is 8.84. The van der Waals surface area contributed by atoms with Gasteiger partial charge in [-0.05, 0) is 24.3 Å². The molecule has 2 nitrogen and oxygen atoms in total. The van der Waals surface area contributed by atoms with Crippen LogP contribution in [0, 0.1) is 0 Å². The number of halogens is 1. The molecule has 3 rings (SSSR count). The third kappa shape index (κ3) is 2.51. The molecule has 0 N–H and O–H groups in total. The summed E-state index contributed by atoms with van der Waals surface area (Å²) in [5.41, 5.74) is 1.06. The van der Waals surface area contributed by atoms with Crippen LogP contribution in [0.2, 0.25) is 5.02 Å². The van der Waals surface area contributed by atoms with Gasteiger partial charge in [0.05, 0.1) is 21.0 Å². The molecule has 0 saturated heterocycles. The summed E-state index contributed by atoms with van der Waals surface area (Å²) in [6.45, 7) is 0. The zero-order valence-electron chi connectivity index (χ0n) is 9.34. The number of thiazole rings is 1. The van der Waals surface area contributed by atoms with Crippen molar-refractivity contribution in [2.24, 2.45) is 0 Å². The molecule has 0 aliphatic rings. The van der Waals surface area contributed by atoms with E-state index in [1.54, 1.807) is 29.3 Å². The second-order valence-corrected chi connectivity index (χ2v) is 6.14. The van der Waals surface area contributed by atoms with Crippen LogP contribution in [-0.2, 0) is 5.75 Å². The Labute approximate surface area is 118 Å². The van der Waals surface area contributed by atoms with Crippen molar-refractivity contribution in [3.8, 4) is 0 Å². The Morgan fingerprint density at radius 1 is 1.17 bits per heavy atom. The van der Waals surface area contributed by atoms with Crippen LogP contribution in [0.1, 0.15) is 5.01 Å². The van der Waals surface area contributed by atoms with Crippen LogP contribution in [-0.4, -0.2) is 9.97 Å². The number of rotatable bonds is 3. The predicted octanol–water partition coefficient (Wildman–Crippen LogP) is 4.64. The van der Waals surface area contributed by atoms with Crippen LogP contribution in [0.25, 0.3) is 10.2 Å². The first-order chi connectivity index (χ1) is 8.83. The maximum Gasteiger partial charge on any atom is 0.115 e. The average molecular weight is 293 g/mol. The quantitative estimate of drug-likeness (QED) is 0.658. The first kappa shape index (κ1) is 12.0. The van der Waals surface area contributed by atoms with Gasteiger partial charge in [-0.3, -0.25) is 0 Å². The van der Waals surface area contributed by atoms with Crippen molar-refractivity contribution < 1.29 is 0 Å². The van der Waals surface area contributed by atoms with Gasteiger partial charge in [0, 0.05) is 6.20 Å². The van der Waals surface area contributed by atoms with Crippen molar-refractivity contribution >= 4 is 44.9 Å². The largest absolute Gasteiger partial charge is 0.248 e. The Balaban J connectivity index is 1.79. The van der Waals surface area contributed by atoms with Crippen molar-refractivity contribution in [1.82, 2.24) is 9.97 Å². The number of thioether (sulfide) groups is 1. The molecule has 0 radical (unpaired) electrons. The van der Waals surface area contributed by atoms with E-state index < -0.39 is 0 Å². The highest BCUT2D eigenvalue weighted by atomic mass is 35.5. The van der Waals surface area contributed by atoms with Crippen molar-refractivity contribution in [1.29, 1.82) is 0 Å². The molecule has 0 fully saturated rings. The van der Waals surface area contributed by atoms with Gasteiger partial charge in [-0.1, -0.05) is 35.5 Å². The molecule has 0 aliphatic carbocycles. The lowest BCUT2D eigenvalue weighted by Crippen LogP contribution is -1.82. The summed E-state index contributed by atoms with van der Waals surface area (Å²) in [6.07, 6.45) is 1.76. The fourth-order valence-electron chi connectivity index (χ4n) is 1.59. The predicted molar refractivity (Wildman–Crippen MR) is 78.4 cm³/mol. The van der Waals surface area contributed by atoms with E-state index in [0.29, 0.717) is 5.02 Å². The topological polar surface area (TPSA) is 25.8 Å². The summed E-state index contributed by atoms with van der Waals surface area (Å²) in [5, 5.41) is 2.66. The van der Waals surface area contributed by atoms with E-state index in [0.717, 1.165) is 21.3 Å². The molecule has 0 saturated carbocycles. The van der Waals surface area contributed by atoms with E-state index >= 15 is 0 Å². The molecule has 0 unspecified atom stereocenters. The molecular weight excluding hydrogens is 284 g/mol. The average Bonchev–Trinajstić information content (AvgIpc) is 2.80. The first-order valence-corrected chi connectivity index (χ1v) is 7.59. The summed E-state index contributed by atoms with van der Waals surface area (Å²) >= 11 is 9.41. The maximum atomic E-state index is 6.07. The van der Waals surface area contributed by atoms with Crippen LogP contribution in [0.4, 0.5) is 0 Å². The molecule has 18 heavy (non-hydrogen) atoms. The summed E-state index contributed by atoms with van der Waals surface area (Å²) in [6, 6.07) is 11.9. The molecule has 0 aliphatic heterocycles. The number of fused-ring (bicyclic) bond motifs is 1. The minimum atomic E-state index is 0.698. The summed E-state index contributed by atoms with van der Waals surface area (Å²) < 4.78 is 1.22. The number of hydrogen-bond donors (Lipinski definition) is 0. The molecule has 3 aromatic rings. The fourth-order valence-corrected chi connectivity index (χ4v) is 3.72. The molecule has 1 aromatic carbocycles. The van der Waals surface area contributed by atoms with Gasteiger partial charge in [0.25, 0.3) is 0 Å². The number of pyridine rings is 1. The molecule has 5 heteroatoms. The highest BCUT2D eigenvalue weighted by molar-refractivity contribution is 7.98. The SMILES string of the molecule is Clc1cccnc1SCc1nc2ccccc2s1. The molecule has 0 spiro atoms. The molecule has 0 atom stereocenters. The van der Waals surface area contributed by atoms with Crippen LogP contribution >= 0.6 is 34.7 Å². The van der Waals surface area contributed by atoms with Crippen LogP contribution < -0.4 is 0 Å². The third-order valence-corrected chi connectivity index (χ3v) is 5.05. The standard InChI is InChI=1S/C13H9ClN2S2/c14-9-4-3-7-15-13(9)17-8-12-16-10-5-1-2-6-11(10)18-12/h1-7H,8H2. The van der Waals surface area contributed by atoms with Gasteiger partial charge in [-0.2, -0.15) is 0 Å². The fraction of sp³-hybridized carbons (Fsp3) is 0.0769. The van der Waals surface area contributed by atoms with Gasteiger partial charge in [0.2, 0.25) is 0 Å². The summed E-state index contributed by atoms with van der Waals surface area (Å²) in [5.74, 6) is 0.802. The zero-order valence-corrected chi connectivity index (χ0v) is 11.7. The van der Waals surface area contributed by atoms with Gasteiger partial charge in [0.1, 0.15) is 10.0 Å². The first-order valence-electron chi connectivity index (χ1n) is 5.41. The van der Waals surface area contributed by atoms with Crippen molar-refractivity contribution in [3.05, 3.63) is 52.6 Å². The van der Waals surface area contributed by atoms with E-state index in [1.165, 1.54) is 4.70 Å². The van der Waals surface area contributed by atoms with E-state index in [9.17, 15) is 0 Å². The lowest BCUT2D eigenvalue weighted by Gasteiger charge is -1.99. The minimum Gasteiger partial charge on any atom is -0.248 e. The highest BCUT2D eigenvalue weighted by Crippen LogP contribution is 2.30. The molecule has 2 aromatic heterocycles. The van der Waals surface area contributed by atoms with Gasteiger partial charge in [0.15, 0.2) is 0 Å². The van der Waals surface area contributed by atoms with Crippen molar-refractivity contribution in [3.63, 3.8) is 0 Å². The zero-order chi connectivity index (χ0) is 12.4. The molecule has 2 heterocycles. The second-order valence-electron chi connectivity index (χ2n) is 3.65. The van der Waals surface area contributed by atoms with Crippen molar-refractivity contribution in [2.75, 3.05) is 0 Å². The molecule has 90 valence electrons. The smallest absolute Gasteiger partial charge is 0.115 e. The molecule has 0 bridgehead atoms. The number of nitrogens with zero attached hydrogens (tertiary/aromatic N) is 2. The monoisotopic (exact) mass is 292 g/mol. The number of hydrogen-bond acceptors (Lipinski definition) is 4. The third-order valence-electron chi connectivity index (χ3n) is 2.40.